The van der Waals surface area contributed by atoms with Crippen LogP contribution in [0.25, 0.3) is 10.3 Å². The van der Waals surface area contributed by atoms with E-state index in [-0.39, 0.29) is 24.4 Å². The quantitative estimate of drug-likeness (QED) is 0.266. The molecule has 0 amide bonds. The minimum Gasteiger partial charge on any atom is -0.491 e. The standard InChI is InChI=1S/C16H14N4O4S2/c1-2-6-19-14-13(26-16(19)25)15(21)18(10-17-14)7-8-24-12-5-3-4-11(9-12)20(22)23/h2-5,9-10H,1,6-8H2. The summed E-state index contributed by atoms with van der Waals surface area (Å²) in [5.41, 5.74) is 0.295. The molecule has 0 spiro atoms. The Balaban J connectivity index is 1.77. The topological polar surface area (TPSA) is 92.2 Å². The molecule has 0 atom stereocenters. The molecule has 134 valence electrons. The molecule has 0 aliphatic heterocycles. The normalized spacial score (nSPS) is 10.8. The van der Waals surface area contributed by atoms with Crippen molar-refractivity contribution < 1.29 is 9.66 Å². The molecule has 2 heterocycles. The summed E-state index contributed by atoms with van der Waals surface area (Å²) < 4.78 is 9.75. The van der Waals surface area contributed by atoms with Gasteiger partial charge >= 0.3 is 0 Å². The minimum atomic E-state index is -0.489. The highest BCUT2D eigenvalue weighted by atomic mass is 32.1. The minimum absolute atomic E-state index is 0.0499. The first-order valence-electron chi connectivity index (χ1n) is 7.58. The summed E-state index contributed by atoms with van der Waals surface area (Å²) in [6.07, 6.45) is 3.14. The molecule has 3 rings (SSSR count). The second-order valence-corrected chi connectivity index (χ2v) is 6.91. The fourth-order valence-corrected chi connectivity index (χ4v) is 3.69. The number of rotatable bonds is 7. The Bertz CT molecular complexity index is 1100. The SMILES string of the molecule is C=CCn1c(=S)sc2c(=O)n(CCOc3cccc([N+](=O)[O-])c3)cnc21. The summed E-state index contributed by atoms with van der Waals surface area (Å²) in [5.74, 6) is 0.370. The van der Waals surface area contributed by atoms with E-state index < -0.39 is 4.92 Å². The van der Waals surface area contributed by atoms with Crippen LogP contribution in [0.3, 0.4) is 0 Å². The van der Waals surface area contributed by atoms with Crippen LogP contribution >= 0.6 is 23.6 Å². The van der Waals surface area contributed by atoms with Crippen molar-refractivity contribution in [3.63, 3.8) is 0 Å². The third kappa shape index (κ3) is 3.55. The van der Waals surface area contributed by atoms with Gasteiger partial charge in [-0.15, -0.1) is 6.58 Å². The number of hydrogen-bond acceptors (Lipinski definition) is 7. The molecule has 0 radical (unpaired) electrons. The smallest absolute Gasteiger partial charge is 0.273 e. The van der Waals surface area contributed by atoms with Crippen LogP contribution in [0.15, 0.2) is 48.0 Å². The molecular weight excluding hydrogens is 376 g/mol. The van der Waals surface area contributed by atoms with Crippen LogP contribution in [-0.2, 0) is 13.1 Å². The van der Waals surface area contributed by atoms with Gasteiger partial charge < -0.3 is 9.30 Å². The third-order valence-electron chi connectivity index (χ3n) is 3.58. The molecule has 0 saturated carbocycles. The van der Waals surface area contributed by atoms with E-state index in [0.717, 1.165) is 0 Å². The first-order valence-corrected chi connectivity index (χ1v) is 8.80. The van der Waals surface area contributed by atoms with Gasteiger partial charge in [-0.25, -0.2) is 4.98 Å². The van der Waals surface area contributed by atoms with Crippen molar-refractivity contribution in [2.45, 2.75) is 13.1 Å². The van der Waals surface area contributed by atoms with Gasteiger partial charge in [0.05, 0.1) is 17.5 Å². The first-order chi connectivity index (χ1) is 12.5. The second-order valence-electron chi connectivity index (χ2n) is 5.27. The Morgan fingerprint density at radius 1 is 1.46 bits per heavy atom. The molecule has 26 heavy (non-hydrogen) atoms. The molecule has 0 N–H and O–H groups in total. The lowest BCUT2D eigenvalue weighted by Crippen LogP contribution is -2.23. The van der Waals surface area contributed by atoms with E-state index in [4.69, 9.17) is 17.0 Å². The van der Waals surface area contributed by atoms with E-state index in [0.29, 0.717) is 26.6 Å². The summed E-state index contributed by atoms with van der Waals surface area (Å²) >= 11 is 6.48. The molecule has 0 aliphatic carbocycles. The number of ether oxygens (including phenoxy) is 1. The van der Waals surface area contributed by atoms with Crippen molar-refractivity contribution in [1.29, 1.82) is 0 Å². The first kappa shape index (κ1) is 18.0. The van der Waals surface area contributed by atoms with Crippen molar-refractivity contribution in [2.75, 3.05) is 6.61 Å². The number of aromatic nitrogens is 3. The number of nitrogens with zero attached hydrogens (tertiary/aromatic N) is 4. The van der Waals surface area contributed by atoms with Crippen LogP contribution in [0.1, 0.15) is 0 Å². The average molecular weight is 390 g/mol. The van der Waals surface area contributed by atoms with Crippen LogP contribution in [0.2, 0.25) is 0 Å². The predicted octanol–water partition coefficient (Wildman–Crippen LogP) is 3.16. The maximum atomic E-state index is 12.6. The zero-order chi connectivity index (χ0) is 18.7. The molecule has 0 unspecified atom stereocenters. The fraction of sp³-hybridized carbons (Fsp3) is 0.188. The third-order valence-corrected chi connectivity index (χ3v) is 5.01. The zero-order valence-electron chi connectivity index (χ0n) is 13.5. The van der Waals surface area contributed by atoms with Crippen LogP contribution < -0.4 is 10.3 Å². The average Bonchev–Trinajstić information content (AvgIpc) is 2.94. The van der Waals surface area contributed by atoms with Crippen LogP contribution in [0.5, 0.6) is 5.75 Å². The van der Waals surface area contributed by atoms with Crippen molar-refractivity contribution >= 4 is 39.6 Å². The largest absolute Gasteiger partial charge is 0.491 e. The van der Waals surface area contributed by atoms with E-state index >= 15 is 0 Å². The Morgan fingerprint density at radius 3 is 3.00 bits per heavy atom. The Morgan fingerprint density at radius 2 is 2.27 bits per heavy atom. The summed E-state index contributed by atoms with van der Waals surface area (Å²) in [6.45, 7) is 4.60. The highest BCUT2D eigenvalue weighted by molar-refractivity contribution is 7.73. The van der Waals surface area contributed by atoms with Gasteiger partial charge in [0.25, 0.3) is 11.2 Å². The summed E-state index contributed by atoms with van der Waals surface area (Å²) in [6, 6.07) is 5.89. The zero-order valence-corrected chi connectivity index (χ0v) is 15.2. The van der Waals surface area contributed by atoms with E-state index in [9.17, 15) is 14.9 Å². The monoisotopic (exact) mass is 390 g/mol. The number of hydrogen-bond donors (Lipinski definition) is 0. The number of non-ortho nitro benzene ring substituents is 1. The highest BCUT2D eigenvalue weighted by Crippen LogP contribution is 2.19. The van der Waals surface area contributed by atoms with Gasteiger partial charge in [0.1, 0.15) is 23.4 Å². The van der Waals surface area contributed by atoms with E-state index in [1.54, 1.807) is 22.8 Å². The molecule has 0 bridgehead atoms. The van der Waals surface area contributed by atoms with E-state index in [1.807, 2.05) is 0 Å². The maximum absolute atomic E-state index is 12.6. The summed E-state index contributed by atoms with van der Waals surface area (Å²) in [4.78, 5) is 27.2. The molecule has 8 nitrogen and oxygen atoms in total. The van der Waals surface area contributed by atoms with Gasteiger partial charge in [-0.1, -0.05) is 23.5 Å². The molecule has 3 aromatic rings. The summed E-state index contributed by atoms with van der Waals surface area (Å²) in [5, 5.41) is 10.8. The Labute approximate surface area is 156 Å². The highest BCUT2D eigenvalue weighted by Gasteiger charge is 2.12. The fourth-order valence-electron chi connectivity index (χ4n) is 2.37. The lowest BCUT2D eigenvalue weighted by atomic mass is 10.3. The number of thiazole rings is 1. The number of allylic oxidation sites excluding steroid dienone is 1. The van der Waals surface area contributed by atoms with Crippen LogP contribution in [0.4, 0.5) is 5.69 Å². The van der Waals surface area contributed by atoms with Gasteiger partial charge in [0, 0.05) is 12.6 Å². The van der Waals surface area contributed by atoms with E-state index in [1.165, 1.54) is 34.4 Å². The summed E-state index contributed by atoms with van der Waals surface area (Å²) in [7, 11) is 0. The van der Waals surface area contributed by atoms with Gasteiger partial charge in [-0.05, 0) is 18.3 Å². The Hall–Kier alpha value is -2.85. The molecule has 2 aromatic heterocycles. The molecule has 1 aromatic carbocycles. The maximum Gasteiger partial charge on any atom is 0.273 e. The van der Waals surface area contributed by atoms with Crippen molar-refractivity contribution in [3.05, 3.63) is 67.7 Å². The molecule has 0 fully saturated rings. The lowest BCUT2D eigenvalue weighted by Gasteiger charge is -2.08. The molecular formula is C16H14N4O4S2. The molecule has 0 saturated heterocycles. The van der Waals surface area contributed by atoms with Crippen molar-refractivity contribution in [2.24, 2.45) is 0 Å². The van der Waals surface area contributed by atoms with E-state index in [2.05, 4.69) is 11.6 Å². The van der Waals surface area contributed by atoms with Crippen molar-refractivity contribution in [3.8, 4) is 5.75 Å². The van der Waals surface area contributed by atoms with Crippen LogP contribution in [0, 0.1) is 14.1 Å². The predicted molar refractivity (Wildman–Crippen MR) is 101 cm³/mol. The number of nitro groups is 1. The molecule has 0 aliphatic rings. The number of fused-ring (bicyclic) bond motifs is 1. The second kappa shape index (κ2) is 7.58. The Kier molecular flexibility index (Phi) is 5.24. The molecule has 10 heteroatoms. The lowest BCUT2D eigenvalue weighted by molar-refractivity contribution is -0.384. The van der Waals surface area contributed by atoms with Gasteiger partial charge in [-0.3, -0.25) is 19.5 Å². The number of nitro benzene ring substituents is 1. The van der Waals surface area contributed by atoms with Gasteiger partial charge in [0.15, 0.2) is 9.60 Å². The van der Waals surface area contributed by atoms with Gasteiger partial charge in [0.2, 0.25) is 0 Å². The van der Waals surface area contributed by atoms with Crippen LogP contribution in [-0.4, -0.2) is 25.6 Å². The van der Waals surface area contributed by atoms with Gasteiger partial charge in [-0.2, -0.15) is 0 Å². The van der Waals surface area contributed by atoms with Crippen molar-refractivity contribution in [1.82, 2.24) is 14.1 Å². The number of benzene rings is 1.